The van der Waals surface area contributed by atoms with E-state index in [1.54, 1.807) is 24.8 Å². The van der Waals surface area contributed by atoms with Gasteiger partial charge in [-0.3, -0.25) is 4.79 Å². The minimum atomic E-state index is -3.35. The van der Waals surface area contributed by atoms with Gasteiger partial charge in [0.25, 0.3) is 5.91 Å². The lowest BCUT2D eigenvalue weighted by Gasteiger charge is -2.33. The molecule has 0 saturated carbocycles. The molecule has 0 spiro atoms. The van der Waals surface area contributed by atoms with Gasteiger partial charge in [-0.1, -0.05) is 37.3 Å². The summed E-state index contributed by atoms with van der Waals surface area (Å²) in [5, 5.41) is 0. The molecule has 1 aliphatic heterocycles. The third-order valence-corrected chi connectivity index (χ3v) is 5.79. The van der Waals surface area contributed by atoms with Crippen molar-refractivity contribution >= 4 is 21.4 Å². The topological polar surface area (TPSA) is 63.7 Å². The maximum Gasteiger partial charge on any atom is 0.268 e. The average Bonchev–Trinajstić information content (AvgIpc) is 2.59. The first-order chi connectivity index (χ1) is 11.4. The molecule has 0 radical (unpaired) electrons. The van der Waals surface area contributed by atoms with E-state index in [0.29, 0.717) is 18.0 Å². The van der Waals surface area contributed by atoms with E-state index in [9.17, 15) is 13.2 Å². The number of amides is 1. The summed E-state index contributed by atoms with van der Waals surface area (Å²) in [5.41, 5.74) is 1.46. The normalized spacial score (nSPS) is 17.3. The SMILES string of the molecule is CCS(=O)(=O)c1ccc2c(c1)N(Cc1ccccc1)C(=O)C(C)O2. The summed E-state index contributed by atoms with van der Waals surface area (Å²) in [5.74, 6) is 0.348. The lowest BCUT2D eigenvalue weighted by molar-refractivity contribution is -0.125. The number of carbonyl (C=O) groups is 1. The van der Waals surface area contributed by atoms with Crippen LogP contribution in [0.3, 0.4) is 0 Å². The Morgan fingerprint density at radius 3 is 2.50 bits per heavy atom. The molecule has 1 amide bonds. The van der Waals surface area contributed by atoms with Crippen molar-refractivity contribution in [3.63, 3.8) is 0 Å². The third-order valence-electron chi connectivity index (χ3n) is 4.06. The fourth-order valence-corrected chi connectivity index (χ4v) is 3.58. The average molecular weight is 345 g/mol. The van der Waals surface area contributed by atoms with Gasteiger partial charge in [0, 0.05) is 0 Å². The minimum Gasteiger partial charge on any atom is -0.479 e. The van der Waals surface area contributed by atoms with E-state index in [1.165, 1.54) is 12.1 Å². The Morgan fingerprint density at radius 1 is 1.12 bits per heavy atom. The van der Waals surface area contributed by atoms with Gasteiger partial charge in [0.1, 0.15) is 5.75 Å². The van der Waals surface area contributed by atoms with Crippen molar-refractivity contribution in [1.29, 1.82) is 0 Å². The molecule has 5 nitrogen and oxygen atoms in total. The number of hydrogen-bond donors (Lipinski definition) is 0. The van der Waals surface area contributed by atoms with Crippen LogP contribution in [0, 0.1) is 0 Å². The van der Waals surface area contributed by atoms with Crippen LogP contribution in [0.1, 0.15) is 19.4 Å². The van der Waals surface area contributed by atoms with Crippen LogP contribution in [-0.2, 0) is 21.2 Å². The Morgan fingerprint density at radius 2 is 1.83 bits per heavy atom. The van der Waals surface area contributed by atoms with Gasteiger partial charge >= 0.3 is 0 Å². The van der Waals surface area contributed by atoms with E-state index in [-0.39, 0.29) is 16.6 Å². The van der Waals surface area contributed by atoms with Crippen LogP contribution in [0.2, 0.25) is 0 Å². The summed E-state index contributed by atoms with van der Waals surface area (Å²) in [6.45, 7) is 3.66. The molecular formula is C18H19NO4S. The maximum absolute atomic E-state index is 12.6. The molecule has 1 atom stereocenters. The highest BCUT2D eigenvalue weighted by molar-refractivity contribution is 7.91. The van der Waals surface area contributed by atoms with Gasteiger partial charge in [0.2, 0.25) is 0 Å². The largest absolute Gasteiger partial charge is 0.479 e. The number of nitrogens with zero attached hydrogens (tertiary/aromatic N) is 1. The molecule has 6 heteroatoms. The van der Waals surface area contributed by atoms with Gasteiger partial charge in [-0.05, 0) is 30.7 Å². The highest BCUT2D eigenvalue weighted by Crippen LogP contribution is 2.37. The van der Waals surface area contributed by atoms with Crippen LogP contribution in [0.5, 0.6) is 5.75 Å². The number of benzene rings is 2. The number of carbonyl (C=O) groups excluding carboxylic acids is 1. The number of fused-ring (bicyclic) bond motifs is 1. The van der Waals surface area contributed by atoms with Crippen molar-refractivity contribution in [1.82, 2.24) is 0 Å². The van der Waals surface area contributed by atoms with E-state index in [4.69, 9.17) is 4.74 Å². The second-order valence-corrected chi connectivity index (χ2v) is 7.98. The van der Waals surface area contributed by atoms with E-state index in [1.807, 2.05) is 30.3 Å². The Hall–Kier alpha value is -2.34. The second kappa shape index (κ2) is 6.28. The standard InChI is InChI=1S/C18H19NO4S/c1-3-24(21,22)15-9-10-17-16(11-15)19(18(20)13(2)23-17)12-14-7-5-4-6-8-14/h4-11,13H,3,12H2,1-2H3. The Bertz CT molecular complexity index is 862. The summed E-state index contributed by atoms with van der Waals surface area (Å²) in [6.07, 6.45) is -0.602. The molecule has 0 saturated heterocycles. The van der Waals surface area contributed by atoms with E-state index in [2.05, 4.69) is 0 Å². The van der Waals surface area contributed by atoms with Crippen LogP contribution in [0.4, 0.5) is 5.69 Å². The van der Waals surface area contributed by atoms with Crippen molar-refractivity contribution in [2.45, 2.75) is 31.4 Å². The monoisotopic (exact) mass is 345 g/mol. The van der Waals surface area contributed by atoms with Gasteiger partial charge in [-0.25, -0.2) is 8.42 Å². The minimum absolute atomic E-state index is 0.00960. The van der Waals surface area contributed by atoms with Crippen molar-refractivity contribution in [2.75, 3.05) is 10.7 Å². The van der Waals surface area contributed by atoms with E-state index >= 15 is 0 Å². The van der Waals surface area contributed by atoms with Gasteiger partial charge in [-0.15, -0.1) is 0 Å². The fraction of sp³-hybridized carbons (Fsp3) is 0.278. The first-order valence-corrected chi connectivity index (χ1v) is 9.46. The molecule has 1 unspecified atom stereocenters. The Labute approximate surface area is 141 Å². The second-order valence-electron chi connectivity index (χ2n) is 5.70. The van der Waals surface area contributed by atoms with Crippen molar-refractivity contribution in [3.05, 3.63) is 54.1 Å². The summed E-state index contributed by atoms with van der Waals surface area (Å²) in [6, 6.07) is 14.3. The molecule has 0 aliphatic carbocycles. The maximum atomic E-state index is 12.6. The fourth-order valence-electron chi connectivity index (χ4n) is 2.68. The summed E-state index contributed by atoms with van der Waals surface area (Å²) in [4.78, 5) is 14.4. The molecule has 0 fully saturated rings. The van der Waals surface area contributed by atoms with E-state index < -0.39 is 15.9 Å². The molecule has 126 valence electrons. The van der Waals surface area contributed by atoms with Crippen LogP contribution in [0.25, 0.3) is 0 Å². The summed E-state index contributed by atoms with van der Waals surface area (Å²) in [7, 11) is -3.35. The Kier molecular flexibility index (Phi) is 4.32. The molecule has 2 aromatic rings. The van der Waals surface area contributed by atoms with Crippen LogP contribution in [-0.4, -0.2) is 26.2 Å². The lowest BCUT2D eigenvalue weighted by atomic mass is 10.1. The molecule has 1 heterocycles. The van der Waals surface area contributed by atoms with Gasteiger partial charge in [0.05, 0.1) is 22.9 Å². The van der Waals surface area contributed by atoms with Gasteiger partial charge in [-0.2, -0.15) is 0 Å². The number of ether oxygens (including phenoxy) is 1. The summed E-state index contributed by atoms with van der Waals surface area (Å²) >= 11 is 0. The predicted octanol–water partition coefficient (Wildman–Crippen LogP) is 2.79. The number of sulfone groups is 1. The molecule has 1 aliphatic rings. The van der Waals surface area contributed by atoms with Crippen LogP contribution in [0.15, 0.2) is 53.4 Å². The number of anilines is 1. The zero-order chi connectivity index (χ0) is 17.3. The molecule has 24 heavy (non-hydrogen) atoms. The van der Waals surface area contributed by atoms with E-state index in [0.717, 1.165) is 5.56 Å². The quantitative estimate of drug-likeness (QED) is 0.855. The van der Waals surface area contributed by atoms with Crippen molar-refractivity contribution in [2.24, 2.45) is 0 Å². The van der Waals surface area contributed by atoms with Crippen molar-refractivity contribution < 1.29 is 17.9 Å². The highest BCUT2D eigenvalue weighted by Gasteiger charge is 2.32. The zero-order valence-corrected chi connectivity index (χ0v) is 14.4. The first-order valence-electron chi connectivity index (χ1n) is 7.81. The first kappa shape index (κ1) is 16.5. The molecule has 2 aromatic carbocycles. The zero-order valence-electron chi connectivity index (χ0n) is 13.6. The predicted molar refractivity (Wildman–Crippen MR) is 91.9 cm³/mol. The number of rotatable bonds is 4. The summed E-state index contributed by atoms with van der Waals surface area (Å²) < 4.78 is 29.9. The highest BCUT2D eigenvalue weighted by atomic mass is 32.2. The van der Waals surface area contributed by atoms with Crippen LogP contribution < -0.4 is 9.64 Å². The van der Waals surface area contributed by atoms with Gasteiger partial charge < -0.3 is 9.64 Å². The van der Waals surface area contributed by atoms with Gasteiger partial charge in [0.15, 0.2) is 15.9 Å². The van der Waals surface area contributed by atoms with Crippen molar-refractivity contribution in [3.8, 4) is 5.75 Å². The smallest absolute Gasteiger partial charge is 0.268 e. The molecule has 0 bridgehead atoms. The third kappa shape index (κ3) is 3.01. The molecular weight excluding hydrogens is 326 g/mol. The van der Waals surface area contributed by atoms with Crippen LogP contribution >= 0.6 is 0 Å². The molecule has 0 aromatic heterocycles. The lowest BCUT2D eigenvalue weighted by Crippen LogP contribution is -2.44. The molecule has 0 N–H and O–H groups in total. The number of hydrogen-bond acceptors (Lipinski definition) is 4. The Balaban J connectivity index is 2.06. The molecule has 3 rings (SSSR count).